The van der Waals surface area contributed by atoms with Crippen molar-refractivity contribution >= 4 is 15.9 Å². The van der Waals surface area contributed by atoms with Crippen LogP contribution in [0.4, 0.5) is 0 Å². The standard InChI is InChI=1S/C14H18BrN3O/c1-14(2,3)11(16)8-12-17-13(18-19-12)9-4-6-10(15)7-5-9/h4-7,11H,8,16H2,1-3H3. The van der Waals surface area contributed by atoms with Gasteiger partial charge < -0.3 is 10.3 Å². The van der Waals surface area contributed by atoms with Gasteiger partial charge in [-0.1, -0.05) is 41.9 Å². The molecule has 1 heterocycles. The van der Waals surface area contributed by atoms with Crippen molar-refractivity contribution in [1.82, 2.24) is 10.1 Å². The summed E-state index contributed by atoms with van der Waals surface area (Å²) in [6.07, 6.45) is 0.590. The molecule has 2 N–H and O–H groups in total. The predicted octanol–water partition coefficient (Wildman–Crippen LogP) is 3.42. The van der Waals surface area contributed by atoms with Crippen LogP contribution in [0.2, 0.25) is 0 Å². The number of hydrogen-bond acceptors (Lipinski definition) is 4. The molecule has 0 fully saturated rings. The molecule has 0 saturated carbocycles. The number of hydrogen-bond donors (Lipinski definition) is 1. The van der Waals surface area contributed by atoms with Crippen molar-refractivity contribution in [2.75, 3.05) is 0 Å². The molecule has 19 heavy (non-hydrogen) atoms. The van der Waals surface area contributed by atoms with E-state index in [0.717, 1.165) is 10.0 Å². The first-order chi connectivity index (χ1) is 8.86. The summed E-state index contributed by atoms with van der Waals surface area (Å²) in [7, 11) is 0. The molecule has 0 aliphatic rings. The van der Waals surface area contributed by atoms with E-state index < -0.39 is 0 Å². The van der Waals surface area contributed by atoms with E-state index >= 15 is 0 Å². The van der Waals surface area contributed by atoms with Crippen LogP contribution in [0, 0.1) is 5.41 Å². The van der Waals surface area contributed by atoms with Crippen LogP contribution in [-0.4, -0.2) is 16.2 Å². The first-order valence-corrected chi connectivity index (χ1v) is 6.99. The Morgan fingerprint density at radius 1 is 1.26 bits per heavy atom. The van der Waals surface area contributed by atoms with E-state index in [1.807, 2.05) is 24.3 Å². The molecular weight excluding hydrogens is 306 g/mol. The van der Waals surface area contributed by atoms with Crippen molar-refractivity contribution in [3.63, 3.8) is 0 Å². The number of halogens is 1. The van der Waals surface area contributed by atoms with Gasteiger partial charge in [0.25, 0.3) is 0 Å². The van der Waals surface area contributed by atoms with Crippen LogP contribution in [-0.2, 0) is 6.42 Å². The fourth-order valence-electron chi connectivity index (χ4n) is 1.55. The Labute approximate surface area is 121 Å². The van der Waals surface area contributed by atoms with Gasteiger partial charge in [-0.3, -0.25) is 0 Å². The highest BCUT2D eigenvalue weighted by molar-refractivity contribution is 9.10. The SMILES string of the molecule is CC(C)(C)C(N)Cc1nc(-c2ccc(Br)cc2)no1. The molecule has 1 atom stereocenters. The molecule has 0 radical (unpaired) electrons. The van der Waals surface area contributed by atoms with Gasteiger partial charge in [0.05, 0.1) is 0 Å². The monoisotopic (exact) mass is 323 g/mol. The van der Waals surface area contributed by atoms with E-state index in [1.54, 1.807) is 0 Å². The Kier molecular flexibility index (Phi) is 4.06. The van der Waals surface area contributed by atoms with Crippen molar-refractivity contribution in [2.24, 2.45) is 11.1 Å². The number of nitrogens with zero attached hydrogens (tertiary/aromatic N) is 2. The summed E-state index contributed by atoms with van der Waals surface area (Å²) in [5, 5.41) is 3.99. The van der Waals surface area contributed by atoms with Crippen LogP contribution in [0.3, 0.4) is 0 Å². The molecular formula is C14H18BrN3O. The first kappa shape index (κ1) is 14.2. The normalized spacial score (nSPS) is 13.5. The van der Waals surface area contributed by atoms with Crippen LogP contribution in [0.5, 0.6) is 0 Å². The summed E-state index contributed by atoms with van der Waals surface area (Å²) in [5.74, 6) is 1.18. The lowest BCUT2D eigenvalue weighted by molar-refractivity contribution is 0.286. The average Bonchev–Trinajstić information content (AvgIpc) is 2.77. The Balaban J connectivity index is 2.13. The zero-order valence-electron chi connectivity index (χ0n) is 11.4. The van der Waals surface area contributed by atoms with Gasteiger partial charge in [0.1, 0.15) is 0 Å². The number of aromatic nitrogens is 2. The number of benzene rings is 1. The Hall–Kier alpha value is -1.20. The van der Waals surface area contributed by atoms with Gasteiger partial charge in [-0.05, 0) is 29.7 Å². The molecule has 0 spiro atoms. The fourth-order valence-corrected chi connectivity index (χ4v) is 1.81. The molecule has 0 aliphatic carbocycles. The minimum Gasteiger partial charge on any atom is -0.339 e. The third-order valence-electron chi connectivity index (χ3n) is 3.08. The molecule has 1 aromatic carbocycles. The van der Waals surface area contributed by atoms with Crippen LogP contribution in [0.25, 0.3) is 11.4 Å². The second-order valence-corrected chi connectivity index (χ2v) is 6.61. The molecule has 5 heteroatoms. The molecule has 102 valence electrons. The molecule has 4 nitrogen and oxygen atoms in total. The fraction of sp³-hybridized carbons (Fsp3) is 0.429. The Morgan fingerprint density at radius 3 is 2.47 bits per heavy atom. The van der Waals surface area contributed by atoms with Crippen molar-refractivity contribution < 1.29 is 4.52 Å². The summed E-state index contributed by atoms with van der Waals surface area (Å²) in [6.45, 7) is 6.30. The topological polar surface area (TPSA) is 64.9 Å². The second kappa shape index (κ2) is 5.43. The summed E-state index contributed by atoms with van der Waals surface area (Å²) >= 11 is 3.40. The van der Waals surface area contributed by atoms with E-state index in [1.165, 1.54) is 0 Å². The average molecular weight is 324 g/mol. The smallest absolute Gasteiger partial charge is 0.228 e. The Morgan fingerprint density at radius 2 is 1.89 bits per heavy atom. The molecule has 0 aliphatic heterocycles. The van der Waals surface area contributed by atoms with Crippen molar-refractivity contribution in [2.45, 2.75) is 33.2 Å². The van der Waals surface area contributed by atoms with Gasteiger partial charge >= 0.3 is 0 Å². The lowest BCUT2D eigenvalue weighted by atomic mass is 9.85. The molecule has 1 aromatic heterocycles. The van der Waals surface area contributed by atoms with Gasteiger partial charge in [-0.25, -0.2) is 0 Å². The van der Waals surface area contributed by atoms with Crippen LogP contribution in [0.1, 0.15) is 26.7 Å². The predicted molar refractivity (Wildman–Crippen MR) is 78.6 cm³/mol. The lowest BCUT2D eigenvalue weighted by Gasteiger charge is -2.25. The third kappa shape index (κ3) is 3.64. The van der Waals surface area contributed by atoms with Gasteiger partial charge in [0.15, 0.2) is 0 Å². The summed E-state index contributed by atoms with van der Waals surface area (Å²) in [5.41, 5.74) is 7.07. The lowest BCUT2D eigenvalue weighted by Crippen LogP contribution is -2.36. The largest absolute Gasteiger partial charge is 0.339 e. The van der Waals surface area contributed by atoms with Crippen LogP contribution < -0.4 is 5.73 Å². The maximum Gasteiger partial charge on any atom is 0.228 e. The second-order valence-electron chi connectivity index (χ2n) is 5.70. The quantitative estimate of drug-likeness (QED) is 0.939. The van der Waals surface area contributed by atoms with E-state index in [4.69, 9.17) is 10.3 Å². The van der Waals surface area contributed by atoms with E-state index in [0.29, 0.717) is 18.1 Å². The minimum absolute atomic E-state index is 0.00859. The first-order valence-electron chi connectivity index (χ1n) is 6.20. The van der Waals surface area contributed by atoms with Crippen molar-refractivity contribution in [3.05, 3.63) is 34.6 Å². The zero-order valence-corrected chi connectivity index (χ0v) is 12.9. The van der Waals surface area contributed by atoms with Crippen LogP contribution >= 0.6 is 15.9 Å². The molecule has 2 aromatic rings. The minimum atomic E-state index is -0.00859. The molecule has 0 amide bonds. The zero-order chi connectivity index (χ0) is 14.0. The highest BCUT2D eigenvalue weighted by atomic mass is 79.9. The highest BCUT2D eigenvalue weighted by Crippen LogP contribution is 2.22. The summed E-state index contributed by atoms with van der Waals surface area (Å²) < 4.78 is 6.29. The van der Waals surface area contributed by atoms with Crippen molar-refractivity contribution in [3.8, 4) is 11.4 Å². The maximum absolute atomic E-state index is 6.12. The molecule has 1 unspecified atom stereocenters. The Bertz CT molecular complexity index is 543. The summed E-state index contributed by atoms with van der Waals surface area (Å²) in [4.78, 5) is 4.39. The molecule has 2 rings (SSSR count). The maximum atomic E-state index is 6.12. The van der Waals surface area contributed by atoms with E-state index in [9.17, 15) is 0 Å². The van der Waals surface area contributed by atoms with Gasteiger partial charge in [0.2, 0.25) is 11.7 Å². The van der Waals surface area contributed by atoms with E-state index in [-0.39, 0.29) is 11.5 Å². The van der Waals surface area contributed by atoms with E-state index in [2.05, 4.69) is 46.8 Å². The third-order valence-corrected chi connectivity index (χ3v) is 3.61. The number of rotatable bonds is 3. The van der Waals surface area contributed by atoms with Crippen LogP contribution in [0.15, 0.2) is 33.3 Å². The van der Waals surface area contributed by atoms with Gasteiger partial charge in [-0.15, -0.1) is 0 Å². The molecule has 0 saturated heterocycles. The van der Waals surface area contributed by atoms with Gasteiger partial charge in [0, 0.05) is 22.5 Å². The summed E-state index contributed by atoms with van der Waals surface area (Å²) in [6, 6.07) is 7.79. The van der Waals surface area contributed by atoms with Crippen molar-refractivity contribution in [1.29, 1.82) is 0 Å². The van der Waals surface area contributed by atoms with Gasteiger partial charge in [-0.2, -0.15) is 4.98 Å². The number of nitrogens with two attached hydrogens (primary N) is 1. The highest BCUT2D eigenvalue weighted by Gasteiger charge is 2.23. The molecule has 0 bridgehead atoms.